The van der Waals surface area contributed by atoms with Crippen molar-refractivity contribution in [1.29, 1.82) is 0 Å². The number of anilines is 1. The first-order valence-electron chi connectivity index (χ1n) is 9.22. The van der Waals surface area contributed by atoms with Gasteiger partial charge in [-0.25, -0.2) is 4.39 Å². The molecule has 7 heteroatoms. The van der Waals surface area contributed by atoms with Crippen molar-refractivity contribution in [1.82, 2.24) is 9.80 Å². The highest BCUT2D eigenvalue weighted by atomic mass is 19.1. The Labute approximate surface area is 163 Å². The predicted molar refractivity (Wildman–Crippen MR) is 105 cm³/mol. The third-order valence-corrected chi connectivity index (χ3v) is 4.75. The van der Waals surface area contributed by atoms with Crippen molar-refractivity contribution in [3.8, 4) is 5.75 Å². The van der Waals surface area contributed by atoms with Gasteiger partial charge in [-0.1, -0.05) is 18.2 Å². The number of methoxy groups -OCH3 is 1. The second kappa shape index (κ2) is 9.32. The summed E-state index contributed by atoms with van der Waals surface area (Å²) in [5.41, 5.74) is 1.44. The van der Waals surface area contributed by atoms with E-state index in [2.05, 4.69) is 5.32 Å². The van der Waals surface area contributed by atoms with Crippen LogP contribution in [-0.2, 0) is 16.0 Å². The largest absolute Gasteiger partial charge is 0.496 e. The summed E-state index contributed by atoms with van der Waals surface area (Å²) in [7, 11) is 1.60. The van der Waals surface area contributed by atoms with Crippen molar-refractivity contribution in [3.05, 3.63) is 59.9 Å². The van der Waals surface area contributed by atoms with Crippen molar-refractivity contribution in [2.75, 3.05) is 45.2 Å². The van der Waals surface area contributed by atoms with E-state index < -0.39 is 0 Å². The lowest BCUT2D eigenvalue weighted by molar-refractivity contribution is -0.132. The fourth-order valence-electron chi connectivity index (χ4n) is 3.22. The summed E-state index contributed by atoms with van der Waals surface area (Å²) in [5, 5.41) is 2.75. The zero-order valence-electron chi connectivity index (χ0n) is 15.9. The summed E-state index contributed by atoms with van der Waals surface area (Å²) < 4.78 is 18.2. The number of hydrogen-bond acceptors (Lipinski definition) is 4. The zero-order valence-corrected chi connectivity index (χ0v) is 15.9. The van der Waals surface area contributed by atoms with Gasteiger partial charge in [0.05, 0.1) is 20.1 Å². The first-order chi connectivity index (χ1) is 13.5. The summed E-state index contributed by atoms with van der Waals surface area (Å²) in [6.07, 6.45) is 0.301. The van der Waals surface area contributed by atoms with Gasteiger partial charge in [0.1, 0.15) is 11.6 Å². The summed E-state index contributed by atoms with van der Waals surface area (Å²) in [5.74, 6) is 0.277. The quantitative estimate of drug-likeness (QED) is 0.828. The molecule has 28 heavy (non-hydrogen) atoms. The molecule has 0 saturated carbocycles. The maximum Gasteiger partial charge on any atom is 0.238 e. The molecule has 0 bridgehead atoms. The Bertz CT molecular complexity index is 818. The molecule has 1 saturated heterocycles. The predicted octanol–water partition coefficient (Wildman–Crippen LogP) is 2.16. The first-order valence-corrected chi connectivity index (χ1v) is 9.22. The summed E-state index contributed by atoms with van der Waals surface area (Å²) in [4.78, 5) is 28.6. The third kappa shape index (κ3) is 5.29. The number of carbonyl (C=O) groups excluding carboxylic acids is 2. The lowest BCUT2D eigenvalue weighted by Gasteiger charge is -2.34. The second-order valence-corrected chi connectivity index (χ2v) is 6.70. The van der Waals surface area contributed by atoms with Crippen LogP contribution in [0, 0.1) is 5.82 Å². The molecule has 1 heterocycles. The van der Waals surface area contributed by atoms with Crippen molar-refractivity contribution < 1.29 is 18.7 Å². The first kappa shape index (κ1) is 19.8. The van der Waals surface area contributed by atoms with Crippen LogP contribution < -0.4 is 10.1 Å². The minimum absolute atomic E-state index is 0.0555. The molecule has 148 valence electrons. The molecule has 0 aromatic heterocycles. The molecule has 2 amide bonds. The molecule has 2 aromatic rings. The Balaban J connectivity index is 1.45. The maximum absolute atomic E-state index is 12.9. The molecule has 0 spiro atoms. The summed E-state index contributed by atoms with van der Waals surface area (Å²) in [6.45, 7) is 2.67. The van der Waals surface area contributed by atoms with Crippen LogP contribution in [0.2, 0.25) is 0 Å². The molecular formula is C21H24FN3O3. The molecule has 1 fully saturated rings. The molecule has 1 aliphatic heterocycles. The van der Waals surface area contributed by atoms with Gasteiger partial charge in [0.2, 0.25) is 11.8 Å². The Morgan fingerprint density at radius 3 is 2.39 bits per heavy atom. The Hall–Kier alpha value is -2.93. The minimum atomic E-state index is -0.341. The van der Waals surface area contributed by atoms with E-state index in [0.29, 0.717) is 44.0 Å². The van der Waals surface area contributed by atoms with Gasteiger partial charge in [-0.15, -0.1) is 0 Å². The van der Waals surface area contributed by atoms with Crippen LogP contribution >= 0.6 is 0 Å². The Morgan fingerprint density at radius 2 is 1.71 bits per heavy atom. The molecule has 0 aliphatic carbocycles. The second-order valence-electron chi connectivity index (χ2n) is 6.70. The topological polar surface area (TPSA) is 61.9 Å². The Morgan fingerprint density at radius 1 is 1.04 bits per heavy atom. The number of piperazine rings is 1. The van der Waals surface area contributed by atoms with Crippen molar-refractivity contribution in [2.45, 2.75) is 6.42 Å². The minimum Gasteiger partial charge on any atom is -0.496 e. The number of nitrogens with zero attached hydrogens (tertiary/aromatic N) is 2. The Kier molecular flexibility index (Phi) is 6.60. The highest BCUT2D eigenvalue weighted by Gasteiger charge is 2.23. The average molecular weight is 385 g/mol. The van der Waals surface area contributed by atoms with E-state index in [1.165, 1.54) is 24.3 Å². The lowest BCUT2D eigenvalue weighted by atomic mass is 10.1. The number of ether oxygens (including phenoxy) is 1. The fourth-order valence-corrected chi connectivity index (χ4v) is 3.22. The highest BCUT2D eigenvalue weighted by molar-refractivity contribution is 5.92. The van der Waals surface area contributed by atoms with Crippen LogP contribution in [0.5, 0.6) is 5.75 Å². The van der Waals surface area contributed by atoms with Crippen molar-refractivity contribution >= 4 is 17.5 Å². The molecule has 3 rings (SSSR count). The highest BCUT2D eigenvalue weighted by Crippen LogP contribution is 2.19. The van der Waals surface area contributed by atoms with E-state index in [0.717, 1.165) is 5.56 Å². The lowest BCUT2D eigenvalue weighted by Crippen LogP contribution is -2.50. The third-order valence-electron chi connectivity index (χ3n) is 4.75. The van der Waals surface area contributed by atoms with Gasteiger partial charge in [-0.2, -0.15) is 0 Å². The molecule has 0 radical (unpaired) electrons. The molecule has 2 aromatic carbocycles. The van der Waals surface area contributed by atoms with E-state index in [1.807, 2.05) is 34.1 Å². The van der Waals surface area contributed by atoms with Crippen LogP contribution in [0.15, 0.2) is 48.5 Å². The number of amides is 2. The molecule has 0 unspecified atom stereocenters. The van der Waals surface area contributed by atoms with Gasteiger partial charge in [-0.3, -0.25) is 14.5 Å². The van der Waals surface area contributed by atoms with Crippen LogP contribution in [0.25, 0.3) is 0 Å². The van der Waals surface area contributed by atoms with Gasteiger partial charge in [0, 0.05) is 37.4 Å². The number of para-hydroxylation sites is 1. The van der Waals surface area contributed by atoms with Gasteiger partial charge < -0.3 is 15.0 Å². The van der Waals surface area contributed by atoms with Crippen molar-refractivity contribution in [3.63, 3.8) is 0 Å². The molecule has 6 nitrogen and oxygen atoms in total. The molecule has 1 aliphatic rings. The number of nitrogens with one attached hydrogen (secondary N) is 1. The van der Waals surface area contributed by atoms with Gasteiger partial charge in [0.15, 0.2) is 0 Å². The number of rotatable bonds is 6. The van der Waals surface area contributed by atoms with Crippen LogP contribution in [0.1, 0.15) is 5.56 Å². The van der Waals surface area contributed by atoms with Gasteiger partial charge >= 0.3 is 0 Å². The molecular weight excluding hydrogens is 361 g/mol. The van der Waals surface area contributed by atoms with Gasteiger partial charge in [0.25, 0.3) is 0 Å². The number of carbonyl (C=O) groups is 2. The normalized spacial score (nSPS) is 14.6. The number of benzene rings is 2. The smallest absolute Gasteiger partial charge is 0.238 e. The van der Waals surface area contributed by atoms with E-state index >= 15 is 0 Å². The van der Waals surface area contributed by atoms with Crippen molar-refractivity contribution in [2.24, 2.45) is 0 Å². The molecule has 0 atom stereocenters. The van der Waals surface area contributed by atoms with E-state index in [1.54, 1.807) is 7.11 Å². The van der Waals surface area contributed by atoms with Crippen LogP contribution in [-0.4, -0.2) is 61.4 Å². The summed E-state index contributed by atoms with van der Waals surface area (Å²) >= 11 is 0. The van der Waals surface area contributed by atoms with Crippen LogP contribution in [0.4, 0.5) is 10.1 Å². The van der Waals surface area contributed by atoms with E-state index in [-0.39, 0.29) is 24.2 Å². The van der Waals surface area contributed by atoms with E-state index in [9.17, 15) is 14.0 Å². The fraction of sp³-hybridized carbons (Fsp3) is 0.333. The molecule has 1 N–H and O–H groups in total. The zero-order chi connectivity index (χ0) is 19.9. The number of hydrogen-bond donors (Lipinski definition) is 1. The van der Waals surface area contributed by atoms with E-state index in [4.69, 9.17) is 4.74 Å². The summed E-state index contributed by atoms with van der Waals surface area (Å²) in [6, 6.07) is 13.2. The SMILES string of the molecule is COc1ccccc1CC(=O)N1CCN(CC(=O)Nc2ccc(F)cc2)CC1. The average Bonchev–Trinajstić information content (AvgIpc) is 2.70. The monoisotopic (exact) mass is 385 g/mol. The maximum atomic E-state index is 12.9. The van der Waals surface area contributed by atoms with Crippen LogP contribution in [0.3, 0.4) is 0 Å². The van der Waals surface area contributed by atoms with Gasteiger partial charge in [-0.05, 0) is 30.3 Å². The standard InChI is InChI=1S/C21H24FN3O3/c1-28-19-5-3-2-4-16(19)14-21(27)25-12-10-24(11-13-25)15-20(26)23-18-8-6-17(22)7-9-18/h2-9H,10-15H2,1H3,(H,23,26). The number of halogens is 1.